The second kappa shape index (κ2) is 6.13. The molecule has 1 fully saturated rings. The quantitative estimate of drug-likeness (QED) is 0.843. The van der Waals surface area contributed by atoms with Gasteiger partial charge in [0.15, 0.2) is 11.6 Å². The van der Waals surface area contributed by atoms with Gasteiger partial charge < -0.3 is 10.6 Å². The third-order valence-electron chi connectivity index (χ3n) is 4.67. The van der Waals surface area contributed by atoms with Gasteiger partial charge in [-0.05, 0) is 25.1 Å². The van der Waals surface area contributed by atoms with Gasteiger partial charge in [0.2, 0.25) is 0 Å². The Labute approximate surface area is 140 Å². The van der Waals surface area contributed by atoms with Crippen molar-refractivity contribution in [2.75, 3.05) is 25.5 Å². The zero-order chi connectivity index (χ0) is 16.5. The van der Waals surface area contributed by atoms with E-state index in [9.17, 15) is 4.79 Å². The number of anilines is 1. The van der Waals surface area contributed by atoms with Gasteiger partial charge in [-0.3, -0.25) is 4.79 Å². The topological polar surface area (TPSA) is 79.3 Å². The molecule has 0 aromatic carbocycles. The van der Waals surface area contributed by atoms with E-state index >= 15 is 0 Å². The van der Waals surface area contributed by atoms with Crippen LogP contribution in [0.3, 0.4) is 0 Å². The van der Waals surface area contributed by atoms with E-state index in [1.54, 1.807) is 12.4 Å². The van der Waals surface area contributed by atoms with Gasteiger partial charge in [-0.2, -0.15) is 0 Å². The Morgan fingerprint density at radius 1 is 1.38 bits per heavy atom. The molecular weight excluding hydrogens is 302 g/mol. The third-order valence-corrected chi connectivity index (χ3v) is 4.67. The van der Waals surface area contributed by atoms with Gasteiger partial charge in [0, 0.05) is 66.8 Å². The summed E-state index contributed by atoms with van der Waals surface area (Å²) in [6, 6.07) is 3.73. The van der Waals surface area contributed by atoms with E-state index < -0.39 is 0 Å². The molecule has 2 aliphatic rings. The Morgan fingerprint density at radius 2 is 2.29 bits per heavy atom. The lowest BCUT2D eigenvalue weighted by atomic mass is 9.90. The molecule has 6 nitrogen and oxygen atoms in total. The first-order valence-corrected chi connectivity index (χ1v) is 8.21. The van der Waals surface area contributed by atoms with E-state index in [0.29, 0.717) is 17.0 Å². The lowest BCUT2D eigenvalue weighted by Crippen LogP contribution is -2.15. The summed E-state index contributed by atoms with van der Waals surface area (Å²) in [5.74, 6) is 1.80. The van der Waals surface area contributed by atoms with Crippen LogP contribution in [0, 0.1) is 0 Å². The predicted octanol–water partition coefficient (Wildman–Crippen LogP) is 2.08. The van der Waals surface area contributed by atoms with Crippen LogP contribution in [0.2, 0.25) is 0 Å². The molecule has 4 rings (SSSR count). The van der Waals surface area contributed by atoms with Crippen molar-refractivity contribution in [2.45, 2.75) is 18.8 Å². The van der Waals surface area contributed by atoms with Gasteiger partial charge >= 0.3 is 0 Å². The zero-order valence-corrected chi connectivity index (χ0v) is 13.5. The SMILES string of the molecule is CNc1nccc(C(=O)c2cnc3c(c2)CC=N3)c1C1CCNC1. The van der Waals surface area contributed by atoms with Crippen molar-refractivity contribution in [1.29, 1.82) is 0 Å². The van der Waals surface area contributed by atoms with Crippen molar-refractivity contribution in [1.82, 2.24) is 15.3 Å². The van der Waals surface area contributed by atoms with Crippen molar-refractivity contribution in [3.8, 4) is 0 Å². The van der Waals surface area contributed by atoms with Crippen molar-refractivity contribution in [3.05, 3.63) is 46.8 Å². The Bertz CT molecular complexity index is 824. The van der Waals surface area contributed by atoms with Crippen molar-refractivity contribution < 1.29 is 4.79 Å². The maximum absolute atomic E-state index is 13.1. The second-order valence-corrected chi connectivity index (χ2v) is 6.11. The highest BCUT2D eigenvalue weighted by atomic mass is 16.1. The van der Waals surface area contributed by atoms with Crippen LogP contribution < -0.4 is 10.6 Å². The van der Waals surface area contributed by atoms with Gasteiger partial charge in [-0.25, -0.2) is 15.0 Å². The molecule has 122 valence electrons. The number of carbonyl (C=O) groups excluding carboxylic acids is 1. The number of aromatic nitrogens is 2. The summed E-state index contributed by atoms with van der Waals surface area (Å²) >= 11 is 0. The molecule has 4 heterocycles. The highest BCUT2D eigenvalue weighted by Gasteiger charge is 2.27. The number of nitrogens with one attached hydrogen (secondary N) is 2. The number of hydrogen-bond donors (Lipinski definition) is 2. The molecule has 1 unspecified atom stereocenters. The van der Waals surface area contributed by atoms with Crippen LogP contribution in [0.4, 0.5) is 11.6 Å². The van der Waals surface area contributed by atoms with Crippen molar-refractivity contribution >= 4 is 23.6 Å². The normalized spacial score (nSPS) is 18.6. The summed E-state index contributed by atoms with van der Waals surface area (Å²) < 4.78 is 0. The van der Waals surface area contributed by atoms with Crippen LogP contribution in [0.15, 0.2) is 29.5 Å². The van der Waals surface area contributed by atoms with Gasteiger partial charge in [0.1, 0.15) is 5.82 Å². The van der Waals surface area contributed by atoms with Crippen LogP contribution >= 0.6 is 0 Å². The third kappa shape index (κ3) is 2.49. The fourth-order valence-electron chi connectivity index (χ4n) is 3.46. The number of nitrogens with zero attached hydrogens (tertiary/aromatic N) is 3. The predicted molar refractivity (Wildman–Crippen MR) is 93.5 cm³/mol. The minimum Gasteiger partial charge on any atom is -0.373 e. The standard InChI is InChI=1S/C18H19N5O/c1-19-18-15(12-2-5-20-9-12)14(4-7-22-18)16(24)13-8-11-3-6-21-17(11)23-10-13/h4,6-8,10,12,20H,2-3,5,9H2,1H3,(H,19,22). The zero-order valence-electron chi connectivity index (χ0n) is 13.5. The second-order valence-electron chi connectivity index (χ2n) is 6.11. The molecule has 1 atom stereocenters. The molecule has 2 aromatic rings. The Morgan fingerprint density at radius 3 is 3.08 bits per heavy atom. The van der Waals surface area contributed by atoms with E-state index in [1.165, 1.54) is 0 Å². The summed E-state index contributed by atoms with van der Waals surface area (Å²) in [7, 11) is 1.84. The van der Waals surface area contributed by atoms with E-state index in [1.807, 2.05) is 25.4 Å². The number of carbonyl (C=O) groups is 1. The Balaban J connectivity index is 1.77. The largest absolute Gasteiger partial charge is 0.373 e. The van der Waals surface area contributed by atoms with E-state index in [4.69, 9.17) is 0 Å². The highest BCUT2D eigenvalue weighted by Crippen LogP contribution is 2.32. The molecule has 0 spiro atoms. The average Bonchev–Trinajstić information content (AvgIpc) is 3.31. The van der Waals surface area contributed by atoms with Crippen LogP contribution in [-0.4, -0.2) is 42.1 Å². The minimum absolute atomic E-state index is 0.00185. The van der Waals surface area contributed by atoms with Crippen LogP contribution in [-0.2, 0) is 6.42 Å². The van der Waals surface area contributed by atoms with Crippen molar-refractivity contribution in [2.24, 2.45) is 4.99 Å². The monoisotopic (exact) mass is 321 g/mol. The molecule has 24 heavy (non-hydrogen) atoms. The highest BCUT2D eigenvalue weighted by molar-refractivity contribution is 6.10. The maximum Gasteiger partial charge on any atom is 0.195 e. The number of aliphatic imine (C=N–C) groups is 1. The number of pyridine rings is 2. The summed E-state index contributed by atoms with van der Waals surface area (Å²) in [6.07, 6.45) is 6.89. The fourth-order valence-corrected chi connectivity index (χ4v) is 3.46. The van der Waals surface area contributed by atoms with Crippen LogP contribution in [0.5, 0.6) is 0 Å². The number of rotatable bonds is 4. The molecule has 1 saturated heterocycles. The van der Waals surface area contributed by atoms with Gasteiger partial charge in [-0.1, -0.05) is 0 Å². The number of ketones is 1. The molecule has 0 amide bonds. The minimum atomic E-state index is -0.00185. The summed E-state index contributed by atoms with van der Waals surface area (Å²) in [6.45, 7) is 1.84. The first-order valence-electron chi connectivity index (χ1n) is 8.21. The fraction of sp³-hybridized carbons (Fsp3) is 0.333. The molecule has 2 aliphatic heterocycles. The van der Waals surface area contributed by atoms with E-state index in [2.05, 4.69) is 25.6 Å². The van der Waals surface area contributed by atoms with E-state index in [0.717, 1.165) is 48.7 Å². The Kier molecular flexibility index (Phi) is 3.82. The van der Waals surface area contributed by atoms with Gasteiger partial charge in [0.25, 0.3) is 0 Å². The maximum atomic E-state index is 13.1. The lowest BCUT2D eigenvalue weighted by Gasteiger charge is -2.18. The number of hydrogen-bond acceptors (Lipinski definition) is 6. The molecule has 0 saturated carbocycles. The van der Waals surface area contributed by atoms with Crippen molar-refractivity contribution in [3.63, 3.8) is 0 Å². The molecule has 0 bridgehead atoms. The molecule has 6 heteroatoms. The lowest BCUT2D eigenvalue weighted by molar-refractivity contribution is 0.103. The Hall–Kier alpha value is -2.60. The van der Waals surface area contributed by atoms with Crippen LogP contribution in [0.25, 0.3) is 0 Å². The smallest absolute Gasteiger partial charge is 0.195 e. The van der Waals surface area contributed by atoms with Gasteiger partial charge in [0.05, 0.1) is 0 Å². The number of fused-ring (bicyclic) bond motifs is 1. The molecule has 0 radical (unpaired) electrons. The molecule has 2 aromatic heterocycles. The molecule has 0 aliphatic carbocycles. The summed E-state index contributed by atoms with van der Waals surface area (Å²) in [5.41, 5.74) is 3.34. The van der Waals surface area contributed by atoms with Gasteiger partial charge in [-0.15, -0.1) is 0 Å². The van der Waals surface area contributed by atoms with E-state index in [-0.39, 0.29) is 5.78 Å². The molecule has 2 N–H and O–H groups in total. The first-order chi connectivity index (χ1) is 11.8. The van der Waals surface area contributed by atoms with Crippen LogP contribution in [0.1, 0.15) is 39.4 Å². The first kappa shape index (κ1) is 15.0. The molecular formula is C18H19N5O. The summed E-state index contributed by atoms with van der Waals surface area (Å²) in [4.78, 5) is 26.1. The average molecular weight is 321 g/mol. The summed E-state index contributed by atoms with van der Waals surface area (Å²) in [5, 5.41) is 6.50.